The fourth-order valence-corrected chi connectivity index (χ4v) is 17.3. The first-order valence-electron chi connectivity index (χ1n) is 27.9. The van der Waals surface area contributed by atoms with Gasteiger partial charge in [-0.25, -0.2) is 4.99 Å². The average molecular weight is 955 g/mol. The largest absolute Gasteiger partial charge is 0.354 e. The van der Waals surface area contributed by atoms with Crippen LogP contribution in [0.4, 0.5) is 11.4 Å². The zero-order chi connectivity index (χ0) is 47.7. The van der Waals surface area contributed by atoms with Crippen LogP contribution >= 0.6 is 11.8 Å². The predicted octanol–water partition coefficient (Wildman–Crippen LogP) is 16.3. The highest BCUT2D eigenvalue weighted by Gasteiger charge is 2.55. The lowest BCUT2D eigenvalue weighted by Gasteiger charge is -2.41. The van der Waals surface area contributed by atoms with Gasteiger partial charge in [0.2, 0.25) is 0 Å². The zero-order valence-corrected chi connectivity index (χ0v) is 43.3. The normalized spacial score (nSPS) is 32.6. The SMILES string of the molecule is CC1CC2C(C3=C1C1CCC(c4ccc(C5(C)CCC(c6ccccc6)=C(C6C=CC=CC6)C5)cc4C4=NC(C5=CCCCC5)NC(C5CCCCC5)N4)=CC1(C)S3)c1ccccc1N2c1ccccc1. The Morgan fingerprint density at radius 3 is 2.41 bits per heavy atom. The Morgan fingerprint density at radius 1 is 0.789 bits per heavy atom. The fraction of sp³-hybridized carbons (Fsp3) is 0.439. The predicted molar refractivity (Wildman–Crippen MR) is 300 cm³/mol. The summed E-state index contributed by atoms with van der Waals surface area (Å²) in [7, 11) is 0. The van der Waals surface area contributed by atoms with Crippen LogP contribution in [0.1, 0.15) is 157 Å². The van der Waals surface area contributed by atoms with Crippen LogP contribution < -0.4 is 15.5 Å². The summed E-state index contributed by atoms with van der Waals surface area (Å²) >= 11 is 2.24. The second-order valence-corrected chi connectivity index (χ2v) is 25.0. The number of allylic oxidation sites excluding steroid dienone is 9. The van der Waals surface area contributed by atoms with Gasteiger partial charge in [0.25, 0.3) is 0 Å². The van der Waals surface area contributed by atoms with Crippen molar-refractivity contribution in [2.75, 3.05) is 4.90 Å². The summed E-state index contributed by atoms with van der Waals surface area (Å²) in [5.41, 5.74) is 17.8. The van der Waals surface area contributed by atoms with Crippen LogP contribution in [0.25, 0.3) is 11.1 Å². The van der Waals surface area contributed by atoms with Crippen molar-refractivity contribution < 1.29 is 0 Å². The van der Waals surface area contributed by atoms with Crippen LogP contribution in [0.3, 0.4) is 0 Å². The molecular formula is C66H74N4S. The van der Waals surface area contributed by atoms with Gasteiger partial charge < -0.3 is 10.2 Å². The Kier molecular flexibility index (Phi) is 12.1. The van der Waals surface area contributed by atoms with Gasteiger partial charge in [-0.05, 0) is 182 Å². The standard InChI is InChI=1S/C66H74N4S/c1-43-39-58-60(53-31-19-20-32-57(53)70(58)50-29-17-8-18-30-50)61-59(43)56-36-33-48(41-66(56,3)71-61)51-35-34-49(65(2)38-37-52(44-21-9-4-10-22-44)55(42-65)45-23-11-5-12-24-45)40-54(51)64-68-62(46-25-13-6-14-26-46)67-63(69-64)47-27-15-7-16-28-47/h4-5,8-12,17-23,25,29-32,34-35,40-41,43,45,47,56,58,60,62-63,67H,6-7,13-16,24,26-28,33,36-39,42H2,1-3H3,(H,68,69). The number of fused-ring (bicyclic) bond motifs is 6. The Labute approximate surface area is 429 Å². The van der Waals surface area contributed by atoms with E-state index >= 15 is 0 Å². The van der Waals surface area contributed by atoms with E-state index in [-0.39, 0.29) is 22.5 Å². The Bertz CT molecular complexity index is 2910. The van der Waals surface area contributed by atoms with Crippen molar-refractivity contribution >= 4 is 40.1 Å². The smallest absolute Gasteiger partial charge is 0.132 e. The second kappa shape index (κ2) is 18.7. The number of benzene rings is 4. The third kappa shape index (κ3) is 8.21. The molecule has 71 heavy (non-hydrogen) atoms. The molecule has 2 N–H and O–H groups in total. The summed E-state index contributed by atoms with van der Waals surface area (Å²) in [6, 6.07) is 40.1. The Morgan fingerprint density at radius 2 is 1.61 bits per heavy atom. The van der Waals surface area contributed by atoms with Crippen LogP contribution in [0.5, 0.6) is 0 Å². The van der Waals surface area contributed by atoms with E-state index in [1.165, 1.54) is 115 Å². The first-order chi connectivity index (χ1) is 34.8. The van der Waals surface area contributed by atoms with Gasteiger partial charge in [-0.2, -0.15) is 0 Å². The second-order valence-electron chi connectivity index (χ2n) is 23.4. The third-order valence-electron chi connectivity index (χ3n) is 19.0. The highest BCUT2D eigenvalue weighted by Crippen LogP contribution is 2.67. The van der Waals surface area contributed by atoms with Gasteiger partial charge in [0, 0.05) is 39.6 Å². The number of amidine groups is 1. The van der Waals surface area contributed by atoms with E-state index < -0.39 is 0 Å². The summed E-state index contributed by atoms with van der Waals surface area (Å²) in [6.07, 6.45) is 34.2. The number of aliphatic imine (C=N–C) groups is 1. The maximum atomic E-state index is 5.82. The van der Waals surface area contributed by atoms with Crippen molar-refractivity contribution in [2.45, 2.75) is 158 Å². The van der Waals surface area contributed by atoms with Crippen molar-refractivity contribution in [3.8, 4) is 0 Å². The molecule has 1 fully saturated rings. The summed E-state index contributed by atoms with van der Waals surface area (Å²) in [5, 5.41) is 8.35. The quantitative estimate of drug-likeness (QED) is 0.173. The minimum Gasteiger partial charge on any atom is -0.354 e. The van der Waals surface area contributed by atoms with Crippen molar-refractivity contribution in [3.63, 3.8) is 0 Å². The summed E-state index contributed by atoms with van der Waals surface area (Å²) in [4.78, 5) is 10.2. The third-order valence-corrected chi connectivity index (χ3v) is 20.5. The maximum Gasteiger partial charge on any atom is 0.132 e. The molecule has 9 atom stereocenters. The summed E-state index contributed by atoms with van der Waals surface area (Å²) in [5.74, 6) is 3.67. The van der Waals surface area contributed by atoms with E-state index in [0.29, 0.717) is 35.6 Å². The molecule has 3 aliphatic heterocycles. The molecule has 0 radical (unpaired) electrons. The topological polar surface area (TPSA) is 39.7 Å². The molecule has 3 heterocycles. The molecule has 0 spiro atoms. The molecule has 0 aromatic heterocycles. The zero-order valence-electron chi connectivity index (χ0n) is 42.5. The number of nitrogens with one attached hydrogen (secondary N) is 2. The Balaban J connectivity index is 0.907. The van der Waals surface area contributed by atoms with Gasteiger partial charge in [0.05, 0.1) is 6.17 Å². The average Bonchev–Trinajstić information content (AvgIpc) is 3.93. The van der Waals surface area contributed by atoms with Gasteiger partial charge in [0.15, 0.2) is 0 Å². The molecule has 0 saturated heterocycles. The molecule has 1 saturated carbocycles. The van der Waals surface area contributed by atoms with Gasteiger partial charge in [-0.15, -0.1) is 11.8 Å². The van der Waals surface area contributed by atoms with Crippen LogP contribution in [-0.4, -0.2) is 29.0 Å². The molecule has 9 aliphatic rings. The number of anilines is 2. The van der Waals surface area contributed by atoms with Gasteiger partial charge in [-0.3, -0.25) is 5.32 Å². The molecule has 0 amide bonds. The monoisotopic (exact) mass is 955 g/mol. The molecule has 4 nitrogen and oxygen atoms in total. The molecule has 5 heteroatoms. The van der Waals surface area contributed by atoms with Crippen LogP contribution in [0.2, 0.25) is 0 Å². The Hall–Kier alpha value is -5.10. The molecule has 13 rings (SSSR count). The molecule has 0 bridgehead atoms. The molecule has 6 aliphatic carbocycles. The molecular weight excluding hydrogens is 881 g/mol. The number of hydrogen-bond donors (Lipinski definition) is 2. The minimum absolute atomic E-state index is 0.00235. The lowest BCUT2D eigenvalue weighted by Crippen LogP contribution is -2.58. The van der Waals surface area contributed by atoms with Gasteiger partial charge >= 0.3 is 0 Å². The van der Waals surface area contributed by atoms with E-state index in [1.54, 1.807) is 21.6 Å². The van der Waals surface area contributed by atoms with E-state index in [4.69, 9.17) is 4.99 Å². The molecule has 9 unspecified atom stereocenters. The van der Waals surface area contributed by atoms with E-state index in [9.17, 15) is 0 Å². The van der Waals surface area contributed by atoms with Crippen molar-refractivity contribution in [3.05, 3.63) is 189 Å². The van der Waals surface area contributed by atoms with E-state index in [1.807, 2.05) is 0 Å². The number of nitrogens with zero attached hydrogens (tertiary/aromatic N) is 2. The molecule has 364 valence electrons. The van der Waals surface area contributed by atoms with Crippen molar-refractivity contribution in [1.82, 2.24) is 10.6 Å². The number of thioether (sulfide) groups is 1. The maximum absolute atomic E-state index is 5.82. The van der Waals surface area contributed by atoms with E-state index in [2.05, 4.69) is 188 Å². The number of para-hydroxylation sites is 2. The summed E-state index contributed by atoms with van der Waals surface area (Å²) < 4.78 is -0.0132. The van der Waals surface area contributed by atoms with Gasteiger partial charge in [0.1, 0.15) is 12.0 Å². The summed E-state index contributed by atoms with van der Waals surface area (Å²) in [6.45, 7) is 7.74. The first kappa shape index (κ1) is 45.7. The van der Waals surface area contributed by atoms with Crippen molar-refractivity contribution in [2.24, 2.45) is 28.7 Å². The van der Waals surface area contributed by atoms with E-state index in [0.717, 1.165) is 44.4 Å². The highest BCUT2D eigenvalue weighted by atomic mass is 32.2. The lowest BCUT2D eigenvalue weighted by molar-refractivity contribution is 0.236. The highest BCUT2D eigenvalue weighted by molar-refractivity contribution is 8.04. The number of hydrogen-bond acceptors (Lipinski definition) is 5. The van der Waals surface area contributed by atoms with Crippen molar-refractivity contribution in [1.29, 1.82) is 0 Å². The first-order valence-corrected chi connectivity index (χ1v) is 28.8. The fourth-order valence-electron chi connectivity index (χ4n) is 15.4. The van der Waals surface area contributed by atoms with Crippen LogP contribution in [0, 0.1) is 23.7 Å². The lowest BCUT2D eigenvalue weighted by atomic mass is 9.64. The minimum atomic E-state index is -0.0132. The van der Waals surface area contributed by atoms with Crippen LogP contribution in [-0.2, 0) is 5.41 Å². The van der Waals surface area contributed by atoms with Crippen LogP contribution in [0.15, 0.2) is 166 Å². The number of rotatable bonds is 8. The van der Waals surface area contributed by atoms with Gasteiger partial charge in [-0.1, -0.05) is 160 Å². The molecule has 4 aromatic carbocycles. The molecule has 4 aromatic rings.